The van der Waals surface area contributed by atoms with Crippen LogP contribution in [0.4, 0.5) is 0 Å². The second kappa shape index (κ2) is 27.5. The number of aliphatic hydroxyl groups is 23. The lowest BCUT2D eigenvalue weighted by molar-refractivity contribution is -0.400. The van der Waals surface area contributed by atoms with Crippen LogP contribution in [0.5, 0.6) is 0 Å². The molecule has 35 atom stereocenters. The Morgan fingerprint density at radius 1 is 0.192 bits per heavy atom. The molecule has 36 heteroatoms. The summed E-state index contributed by atoms with van der Waals surface area (Å²) in [6.07, 6.45) is -70.1. The summed E-state index contributed by atoms with van der Waals surface area (Å²) >= 11 is 0. The first-order valence-electron chi connectivity index (χ1n) is 24.7. The van der Waals surface area contributed by atoms with Crippen LogP contribution in [0, 0.1) is 0 Å². The summed E-state index contributed by atoms with van der Waals surface area (Å²) < 4.78 is 72.0. The lowest BCUT2D eigenvalue weighted by atomic mass is 9.95. The monoisotopic (exact) mass is 1150 g/mol. The van der Waals surface area contributed by atoms with Gasteiger partial charge in [-0.3, -0.25) is 0 Å². The van der Waals surface area contributed by atoms with E-state index in [1.807, 2.05) is 0 Å². The molecule has 0 aliphatic carbocycles. The van der Waals surface area contributed by atoms with E-state index in [4.69, 9.17) is 61.6 Å². The van der Waals surface area contributed by atoms with Gasteiger partial charge >= 0.3 is 0 Å². The average molecular weight is 1150 g/mol. The van der Waals surface area contributed by atoms with Gasteiger partial charge in [0.15, 0.2) is 44.0 Å². The highest BCUT2D eigenvalue weighted by atomic mass is 16.8. The minimum Gasteiger partial charge on any atom is -0.394 e. The molecule has 0 radical (unpaired) electrons. The first-order valence-corrected chi connectivity index (χ1v) is 24.7. The predicted octanol–water partition coefficient (Wildman–Crippen LogP) is -16.3. The van der Waals surface area contributed by atoms with E-state index < -0.39 is 261 Å². The van der Waals surface area contributed by atoms with Gasteiger partial charge in [0.2, 0.25) is 0 Å². The van der Waals surface area contributed by atoms with E-state index in [2.05, 4.69) is 0 Å². The largest absolute Gasteiger partial charge is 0.394 e. The summed E-state index contributed by atoms with van der Waals surface area (Å²) in [5, 5.41) is 246. The normalized spacial score (nSPS) is 53.5. The van der Waals surface area contributed by atoms with E-state index in [0.717, 1.165) is 0 Å². The molecule has 7 fully saturated rings. The lowest BCUT2D eigenvalue weighted by Gasteiger charge is -2.50. The molecule has 23 N–H and O–H groups in total. The van der Waals surface area contributed by atoms with Crippen molar-refractivity contribution in [3.63, 3.8) is 0 Å². The summed E-state index contributed by atoms with van der Waals surface area (Å²) in [6, 6.07) is 0. The maximum Gasteiger partial charge on any atom is 0.187 e. The highest BCUT2D eigenvalue weighted by Crippen LogP contribution is 2.38. The molecule has 36 nitrogen and oxygen atoms in total. The van der Waals surface area contributed by atoms with E-state index in [9.17, 15) is 117 Å². The third-order valence-corrected chi connectivity index (χ3v) is 14.5. The van der Waals surface area contributed by atoms with Crippen LogP contribution in [0.1, 0.15) is 0 Å². The van der Waals surface area contributed by atoms with Crippen LogP contribution in [0.15, 0.2) is 0 Å². The molecule has 7 rings (SSSR count). The van der Waals surface area contributed by atoms with Crippen LogP contribution < -0.4 is 0 Å². The molecule has 456 valence electrons. The zero-order valence-corrected chi connectivity index (χ0v) is 40.8. The molecule has 1 unspecified atom stereocenters. The first-order chi connectivity index (χ1) is 37.0. The molecular weight excluding hydrogens is 1080 g/mol. The van der Waals surface area contributed by atoms with Crippen LogP contribution in [0.25, 0.3) is 0 Å². The maximum atomic E-state index is 11.7. The third kappa shape index (κ3) is 12.9. The van der Waals surface area contributed by atoms with Crippen molar-refractivity contribution in [2.45, 2.75) is 215 Å². The molecule has 0 bridgehead atoms. The summed E-state index contributed by atoms with van der Waals surface area (Å²) in [5.74, 6) is 0. The molecule has 0 spiro atoms. The van der Waals surface area contributed by atoms with Crippen LogP contribution in [0.3, 0.4) is 0 Å². The van der Waals surface area contributed by atoms with Crippen molar-refractivity contribution in [3.05, 3.63) is 0 Å². The average Bonchev–Trinajstić information content (AvgIpc) is 3.47. The first kappa shape index (κ1) is 64.1. The zero-order chi connectivity index (χ0) is 57.3. The van der Waals surface area contributed by atoms with Crippen molar-refractivity contribution in [1.82, 2.24) is 0 Å². The molecule has 0 aromatic heterocycles. The topological polar surface area (TPSA) is 585 Å². The fraction of sp³-hybridized carbons (Fsp3) is 1.00. The molecule has 7 heterocycles. The number of ether oxygens (including phenoxy) is 13. The summed E-state index contributed by atoms with van der Waals surface area (Å²) in [7, 11) is 0. The van der Waals surface area contributed by atoms with E-state index >= 15 is 0 Å². The lowest BCUT2D eigenvalue weighted by Crippen LogP contribution is -2.69. The highest BCUT2D eigenvalue weighted by Gasteiger charge is 2.59. The van der Waals surface area contributed by atoms with Gasteiger partial charge in [0.25, 0.3) is 0 Å². The Hall–Kier alpha value is -1.44. The smallest absolute Gasteiger partial charge is 0.187 e. The van der Waals surface area contributed by atoms with Gasteiger partial charge in [-0.15, -0.1) is 0 Å². The summed E-state index contributed by atoms with van der Waals surface area (Å²) in [4.78, 5) is 0. The fourth-order valence-corrected chi connectivity index (χ4v) is 9.97. The Balaban J connectivity index is 1.06. The van der Waals surface area contributed by atoms with E-state index in [1.165, 1.54) is 0 Å². The number of aliphatic hydroxyl groups excluding tert-OH is 23. The number of rotatable bonds is 19. The van der Waals surface area contributed by atoms with Crippen molar-refractivity contribution in [3.8, 4) is 0 Å². The van der Waals surface area contributed by atoms with Gasteiger partial charge in [-0.05, 0) is 0 Å². The van der Waals surface area contributed by atoms with Gasteiger partial charge < -0.3 is 179 Å². The van der Waals surface area contributed by atoms with E-state index in [-0.39, 0.29) is 0 Å². The van der Waals surface area contributed by atoms with Gasteiger partial charge in [-0.2, -0.15) is 0 Å². The van der Waals surface area contributed by atoms with E-state index in [1.54, 1.807) is 0 Å². The molecule has 7 aliphatic heterocycles. The predicted molar refractivity (Wildman–Crippen MR) is 232 cm³/mol. The second-order valence-electron chi connectivity index (χ2n) is 19.6. The molecule has 78 heavy (non-hydrogen) atoms. The molecule has 7 aliphatic rings. The maximum absolute atomic E-state index is 11.7. The summed E-state index contributed by atoms with van der Waals surface area (Å²) in [6.45, 7) is -7.04. The Morgan fingerprint density at radius 2 is 0.372 bits per heavy atom. The van der Waals surface area contributed by atoms with Crippen molar-refractivity contribution in [1.29, 1.82) is 0 Å². The molecule has 0 saturated carbocycles. The number of hydrogen-bond acceptors (Lipinski definition) is 36. The Labute approximate surface area is 439 Å². The van der Waals surface area contributed by atoms with Gasteiger partial charge in [0, 0.05) is 0 Å². The molecule has 0 aromatic rings. The van der Waals surface area contributed by atoms with Gasteiger partial charge in [0.1, 0.15) is 171 Å². The minimum absolute atomic E-state index is 0.880. The van der Waals surface area contributed by atoms with Crippen LogP contribution in [-0.2, 0) is 61.6 Å². The fourth-order valence-electron chi connectivity index (χ4n) is 9.97. The zero-order valence-electron chi connectivity index (χ0n) is 40.8. The Morgan fingerprint density at radius 3 is 0.590 bits per heavy atom. The Kier molecular flexibility index (Phi) is 22.6. The van der Waals surface area contributed by atoms with Gasteiger partial charge in [0.05, 0.1) is 46.2 Å². The molecular formula is C42H72O36. The SMILES string of the molecule is OC[C@H]1O[C@@H](O[C@H]2[C@@H](O)[C@@H](CO)O[C@@H](O[C@H]3[C@@H](O)[C@@H](CO)O[C@@H](O[C@H]4[C@@H](O)[C@@H](CO)O[C@@H](O[C@H]5[C@@H](O)[C@@H](CO)O[C@@H](O[C@H]6[C@@H](O)[C@@H](CO)O[C@@H](O[C@H]7[C@@H](O)[C@@H](CO)OC(O)[C@@H]7O)[C@@H]6O)[C@@H]5O)[C@@H]4O)[C@@H]3O)[C@@H]2O)[C@H](O)[C@@H](O)[C@H]1O. The van der Waals surface area contributed by atoms with Crippen molar-refractivity contribution < 1.29 is 179 Å². The third-order valence-electron chi connectivity index (χ3n) is 14.5. The standard InChI is InChI=1S/C42H72O36/c43-1-8-15(50)22(57)23(58)37(67-8)74-31-17(52)10(3-45)69-39(25(31)60)76-33-19(54)12(5-47)71-41(27(33)62)78-35-21(56)14(7-49)72-42(29(35)64)77-34-20(55)13(6-48)70-40(28(34)63)75-32-18(53)11(4-46)68-38(26(32)61)73-30-16(51)9(2-44)66-36(65)24(30)59/h8-65H,1-7H2/t8-,9-,10-,11-,12-,13-,14-,15+,16+,17+,18+,19+,20+,21+,22+,23-,24-,25-,26-,27-,28-,29-,30+,31+,32+,33+,34+,35+,36?,37+,38+,39+,40+,41+,42+/m1/s1. The van der Waals surface area contributed by atoms with Gasteiger partial charge in [-0.1, -0.05) is 0 Å². The van der Waals surface area contributed by atoms with Gasteiger partial charge in [-0.25, -0.2) is 0 Å². The quantitative estimate of drug-likeness (QED) is 0.0571. The molecule has 7 saturated heterocycles. The minimum atomic E-state index is -2.33. The van der Waals surface area contributed by atoms with Crippen molar-refractivity contribution in [2.75, 3.05) is 46.2 Å². The highest BCUT2D eigenvalue weighted by molar-refractivity contribution is 5.01. The van der Waals surface area contributed by atoms with Crippen LogP contribution in [0.2, 0.25) is 0 Å². The molecule has 0 aromatic carbocycles. The second-order valence-corrected chi connectivity index (χ2v) is 19.6. The van der Waals surface area contributed by atoms with E-state index in [0.29, 0.717) is 0 Å². The van der Waals surface area contributed by atoms with Crippen molar-refractivity contribution >= 4 is 0 Å². The van der Waals surface area contributed by atoms with Crippen LogP contribution >= 0.6 is 0 Å². The summed E-state index contributed by atoms with van der Waals surface area (Å²) in [5.41, 5.74) is 0. The number of hydrogen-bond donors (Lipinski definition) is 23. The van der Waals surface area contributed by atoms with Crippen LogP contribution in [-0.4, -0.2) is 379 Å². The Bertz CT molecular complexity index is 1820. The van der Waals surface area contributed by atoms with Crippen molar-refractivity contribution in [2.24, 2.45) is 0 Å². The molecule has 0 amide bonds.